The molecule has 1 aliphatic rings. The first-order valence-electron chi connectivity index (χ1n) is 5.58. The summed E-state index contributed by atoms with van der Waals surface area (Å²) in [4.78, 5) is 17.6. The van der Waals surface area contributed by atoms with Crippen molar-refractivity contribution in [2.24, 2.45) is 4.99 Å². The minimum absolute atomic E-state index is 0.194. The van der Waals surface area contributed by atoms with Crippen LogP contribution in [0, 0.1) is 0 Å². The largest absolute Gasteiger partial charge is 0.315 e. The van der Waals surface area contributed by atoms with E-state index in [1.54, 1.807) is 23.7 Å². The van der Waals surface area contributed by atoms with E-state index in [0.29, 0.717) is 6.42 Å². The van der Waals surface area contributed by atoms with E-state index in [1.165, 1.54) is 5.56 Å². The number of anilines is 1. The van der Waals surface area contributed by atoms with E-state index < -0.39 is 0 Å². The molecule has 0 saturated heterocycles. The van der Waals surface area contributed by atoms with Gasteiger partial charge in [0.1, 0.15) is 0 Å². The van der Waals surface area contributed by atoms with E-state index in [-0.39, 0.29) is 5.91 Å². The van der Waals surface area contributed by atoms with E-state index in [9.17, 15) is 4.79 Å². The van der Waals surface area contributed by atoms with E-state index in [0.717, 1.165) is 22.7 Å². The summed E-state index contributed by atoms with van der Waals surface area (Å²) in [5.41, 5.74) is 3.41. The van der Waals surface area contributed by atoms with Gasteiger partial charge in [-0.15, -0.1) is 11.8 Å². The molecule has 1 aliphatic heterocycles. The average Bonchev–Trinajstić information content (AvgIpc) is 2.35. The van der Waals surface area contributed by atoms with Gasteiger partial charge in [0, 0.05) is 31.8 Å². The number of nitrogens with zero attached hydrogens (tertiary/aromatic N) is 2. The number of benzene rings is 1. The van der Waals surface area contributed by atoms with Gasteiger partial charge in [-0.2, -0.15) is 0 Å². The predicted octanol–water partition coefficient (Wildman–Crippen LogP) is 2.33. The summed E-state index contributed by atoms with van der Waals surface area (Å²) in [6, 6.07) is 6.20. The molecule has 0 saturated carbocycles. The Morgan fingerprint density at radius 3 is 2.82 bits per heavy atom. The van der Waals surface area contributed by atoms with Crippen LogP contribution in [0.2, 0.25) is 0 Å². The topological polar surface area (TPSA) is 32.7 Å². The van der Waals surface area contributed by atoms with Gasteiger partial charge < -0.3 is 4.90 Å². The Morgan fingerprint density at radius 1 is 1.41 bits per heavy atom. The highest BCUT2D eigenvalue weighted by molar-refractivity contribution is 8.13. The monoisotopic (exact) mass is 248 g/mol. The highest BCUT2D eigenvalue weighted by atomic mass is 32.2. The van der Waals surface area contributed by atoms with Crippen molar-refractivity contribution in [1.29, 1.82) is 0 Å². The quantitative estimate of drug-likeness (QED) is 0.564. The number of rotatable bonds is 1. The molecule has 2 rings (SSSR count). The second-order valence-corrected chi connectivity index (χ2v) is 4.82. The molecule has 0 fully saturated rings. The Kier molecular flexibility index (Phi) is 3.52. The van der Waals surface area contributed by atoms with Crippen LogP contribution in [0.15, 0.2) is 23.2 Å². The standard InChI is InChI=1S/C13H16N2OS/c1-14-13(17-3)10-4-6-11-9(8-10)5-7-12(16)15(11)2/h4,6,8H,5,7H2,1-3H3. The number of aryl methyl sites for hydroxylation is 1. The van der Waals surface area contributed by atoms with Gasteiger partial charge in [-0.25, -0.2) is 0 Å². The van der Waals surface area contributed by atoms with Crippen LogP contribution in [0.4, 0.5) is 5.69 Å². The second-order valence-electron chi connectivity index (χ2n) is 4.03. The van der Waals surface area contributed by atoms with Crippen molar-refractivity contribution in [2.45, 2.75) is 12.8 Å². The van der Waals surface area contributed by atoms with Gasteiger partial charge in [-0.1, -0.05) is 6.07 Å². The summed E-state index contributed by atoms with van der Waals surface area (Å²) < 4.78 is 0. The molecule has 0 bridgehead atoms. The van der Waals surface area contributed by atoms with E-state index in [2.05, 4.69) is 11.1 Å². The first-order valence-corrected chi connectivity index (χ1v) is 6.80. The number of fused-ring (bicyclic) bond motifs is 1. The summed E-state index contributed by atoms with van der Waals surface area (Å²) in [5.74, 6) is 0.194. The lowest BCUT2D eigenvalue weighted by Gasteiger charge is -2.26. The molecule has 0 atom stereocenters. The molecule has 0 aromatic heterocycles. The summed E-state index contributed by atoms with van der Waals surface area (Å²) in [5, 5.41) is 1.03. The highest BCUT2D eigenvalue weighted by Gasteiger charge is 2.21. The zero-order valence-corrected chi connectivity index (χ0v) is 11.2. The van der Waals surface area contributed by atoms with Crippen LogP contribution in [-0.2, 0) is 11.2 Å². The minimum atomic E-state index is 0.194. The molecule has 1 aromatic carbocycles. The molecule has 17 heavy (non-hydrogen) atoms. The van der Waals surface area contributed by atoms with E-state index in [1.807, 2.05) is 25.4 Å². The van der Waals surface area contributed by atoms with Crippen molar-refractivity contribution in [1.82, 2.24) is 0 Å². The van der Waals surface area contributed by atoms with Crippen molar-refractivity contribution in [3.63, 3.8) is 0 Å². The maximum Gasteiger partial charge on any atom is 0.227 e. The van der Waals surface area contributed by atoms with Gasteiger partial charge in [0.15, 0.2) is 0 Å². The molecular weight excluding hydrogens is 232 g/mol. The maximum absolute atomic E-state index is 11.6. The number of amides is 1. The van der Waals surface area contributed by atoms with Gasteiger partial charge in [-0.05, 0) is 30.4 Å². The van der Waals surface area contributed by atoms with Crippen LogP contribution in [0.1, 0.15) is 17.5 Å². The van der Waals surface area contributed by atoms with Crippen LogP contribution in [0.3, 0.4) is 0 Å². The fraction of sp³-hybridized carbons (Fsp3) is 0.385. The van der Waals surface area contributed by atoms with Gasteiger partial charge in [0.05, 0.1) is 5.04 Å². The normalized spacial score (nSPS) is 16.1. The first-order chi connectivity index (χ1) is 8.17. The Labute approximate surface area is 106 Å². The zero-order chi connectivity index (χ0) is 12.4. The molecule has 90 valence electrons. The van der Waals surface area contributed by atoms with Crippen LogP contribution in [0.25, 0.3) is 0 Å². The Balaban J connectivity index is 2.42. The minimum Gasteiger partial charge on any atom is -0.315 e. The summed E-state index contributed by atoms with van der Waals surface area (Å²) >= 11 is 1.64. The summed E-state index contributed by atoms with van der Waals surface area (Å²) in [6.45, 7) is 0. The SMILES string of the molecule is CN=C(SC)c1ccc2c(c1)CCC(=O)N2C. The van der Waals surface area contributed by atoms with Gasteiger partial charge >= 0.3 is 0 Å². The third-order valence-corrected chi connectivity index (χ3v) is 3.87. The van der Waals surface area contributed by atoms with Crippen molar-refractivity contribution in [2.75, 3.05) is 25.3 Å². The average molecular weight is 248 g/mol. The Morgan fingerprint density at radius 2 is 2.18 bits per heavy atom. The van der Waals surface area contributed by atoms with Crippen molar-refractivity contribution in [3.05, 3.63) is 29.3 Å². The van der Waals surface area contributed by atoms with Gasteiger partial charge in [0.2, 0.25) is 5.91 Å². The number of thioether (sulfide) groups is 1. The van der Waals surface area contributed by atoms with E-state index >= 15 is 0 Å². The summed E-state index contributed by atoms with van der Waals surface area (Å²) in [6.07, 6.45) is 3.46. The predicted molar refractivity (Wildman–Crippen MR) is 74.1 cm³/mol. The van der Waals surface area contributed by atoms with Crippen molar-refractivity contribution in [3.8, 4) is 0 Å². The molecule has 3 nitrogen and oxygen atoms in total. The maximum atomic E-state index is 11.6. The summed E-state index contributed by atoms with van der Waals surface area (Å²) in [7, 11) is 3.64. The van der Waals surface area contributed by atoms with Crippen LogP contribution in [-0.4, -0.2) is 31.3 Å². The Bertz CT molecular complexity index is 482. The molecule has 1 aromatic rings. The fourth-order valence-electron chi connectivity index (χ4n) is 2.13. The van der Waals surface area contributed by atoms with Crippen molar-refractivity contribution < 1.29 is 4.79 Å². The Hall–Kier alpha value is -1.29. The molecule has 1 heterocycles. The molecule has 4 heteroatoms. The highest BCUT2D eigenvalue weighted by Crippen LogP contribution is 2.28. The first kappa shape index (κ1) is 12.2. The third kappa shape index (κ3) is 2.22. The molecule has 1 amide bonds. The van der Waals surface area contributed by atoms with Crippen LogP contribution in [0.5, 0.6) is 0 Å². The third-order valence-electron chi connectivity index (χ3n) is 3.07. The van der Waals surface area contributed by atoms with Crippen LogP contribution < -0.4 is 4.90 Å². The lowest BCUT2D eigenvalue weighted by atomic mass is 9.99. The second kappa shape index (κ2) is 4.92. The number of hydrogen-bond acceptors (Lipinski definition) is 3. The lowest BCUT2D eigenvalue weighted by molar-refractivity contribution is -0.118. The van der Waals surface area contributed by atoms with Gasteiger partial charge in [0.25, 0.3) is 0 Å². The fourth-order valence-corrected chi connectivity index (χ4v) is 2.67. The number of carbonyl (C=O) groups excluding carboxylic acids is 1. The molecule has 0 spiro atoms. The van der Waals surface area contributed by atoms with Crippen molar-refractivity contribution >= 4 is 28.4 Å². The molecule has 0 aliphatic carbocycles. The molecular formula is C13H16N2OS. The molecule has 0 radical (unpaired) electrons. The lowest BCUT2D eigenvalue weighted by Crippen LogP contribution is -2.31. The van der Waals surface area contributed by atoms with Crippen LogP contribution >= 0.6 is 11.8 Å². The van der Waals surface area contributed by atoms with Gasteiger partial charge in [-0.3, -0.25) is 9.79 Å². The number of carbonyl (C=O) groups is 1. The number of aliphatic imine (C=N–C) groups is 1. The number of hydrogen-bond donors (Lipinski definition) is 0. The van der Waals surface area contributed by atoms with E-state index in [4.69, 9.17) is 0 Å². The molecule has 0 unspecified atom stereocenters. The smallest absolute Gasteiger partial charge is 0.227 e. The molecule has 0 N–H and O–H groups in total. The zero-order valence-electron chi connectivity index (χ0n) is 10.4.